The lowest BCUT2D eigenvalue weighted by Crippen LogP contribution is -2.44. The van der Waals surface area contributed by atoms with Crippen LogP contribution in [0, 0.1) is 34.5 Å². The van der Waals surface area contributed by atoms with Gasteiger partial charge in [0.1, 0.15) is 4.75 Å². The molecule has 7 heteroatoms. The minimum Gasteiger partial charge on any atom is -0.361 e. The van der Waals surface area contributed by atoms with E-state index in [-0.39, 0.29) is 12.3 Å². The van der Waals surface area contributed by atoms with Crippen LogP contribution in [0.5, 0.6) is 0 Å². The summed E-state index contributed by atoms with van der Waals surface area (Å²) in [7, 11) is 0. The molecule has 1 saturated carbocycles. The molecule has 2 fully saturated rings. The summed E-state index contributed by atoms with van der Waals surface area (Å²) in [5.41, 5.74) is 1.77. The Bertz CT molecular complexity index is 1290. The zero-order chi connectivity index (χ0) is 23.0. The Morgan fingerprint density at radius 2 is 1.82 bits per heavy atom. The number of Topliss-reactive ketones (excluding diaryl/α,β-unsaturated/α-hetero) is 1. The molecule has 3 aromatic rings. The van der Waals surface area contributed by atoms with Gasteiger partial charge in [0.05, 0.1) is 24.6 Å². The smallest absolute Gasteiger partial charge is 0.225 e. The maximum absolute atomic E-state index is 13.9. The number of nitrogens with zero attached hydrogens (tertiary/aromatic N) is 3. The molecule has 2 heterocycles. The third-order valence-electron chi connectivity index (χ3n) is 6.54. The van der Waals surface area contributed by atoms with Gasteiger partial charge in [-0.3, -0.25) is 9.59 Å². The van der Waals surface area contributed by atoms with E-state index in [1.807, 2.05) is 77.8 Å². The van der Waals surface area contributed by atoms with E-state index in [9.17, 15) is 20.1 Å². The van der Waals surface area contributed by atoms with E-state index in [4.69, 9.17) is 0 Å². The molecule has 1 aliphatic carbocycles. The number of amides is 1. The van der Waals surface area contributed by atoms with E-state index in [2.05, 4.69) is 4.98 Å². The normalized spacial score (nSPS) is 22.5. The number of carbonyl (C=O) groups is 2. The first-order valence-corrected chi connectivity index (χ1v) is 11.8. The Hall–Kier alpha value is -3.55. The fourth-order valence-electron chi connectivity index (χ4n) is 4.80. The Morgan fingerprint density at radius 3 is 2.52 bits per heavy atom. The van der Waals surface area contributed by atoms with Gasteiger partial charge in [-0.25, -0.2) is 0 Å². The van der Waals surface area contributed by atoms with Crippen LogP contribution in [0.25, 0.3) is 10.9 Å². The summed E-state index contributed by atoms with van der Waals surface area (Å²) in [5, 5.41) is 20.2. The number of ketones is 1. The highest BCUT2D eigenvalue weighted by molar-refractivity contribution is 8.01. The number of para-hydroxylation sites is 1. The zero-order valence-electron chi connectivity index (χ0n) is 17.9. The number of rotatable bonds is 7. The molecule has 1 amide bonds. The first-order chi connectivity index (χ1) is 16.1. The number of benzene rings is 2. The van der Waals surface area contributed by atoms with E-state index in [0.717, 1.165) is 34.2 Å². The Morgan fingerprint density at radius 1 is 1.12 bits per heavy atom. The largest absolute Gasteiger partial charge is 0.361 e. The molecule has 1 aromatic heterocycles. The van der Waals surface area contributed by atoms with Crippen LogP contribution in [0.4, 0.5) is 0 Å². The molecule has 1 aliphatic heterocycles. The number of aromatic amines is 1. The topological polar surface area (TPSA) is 101 Å². The number of fused-ring (bicyclic) bond motifs is 1. The van der Waals surface area contributed by atoms with Gasteiger partial charge >= 0.3 is 0 Å². The minimum absolute atomic E-state index is 0.0395. The monoisotopic (exact) mass is 454 g/mol. The van der Waals surface area contributed by atoms with Gasteiger partial charge in [0.2, 0.25) is 5.91 Å². The van der Waals surface area contributed by atoms with Crippen LogP contribution in [0.15, 0.2) is 65.7 Å². The highest BCUT2D eigenvalue weighted by atomic mass is 32.2. The molecule has 0 bridgehead atoms. The first-order valence-electron chi connectivity index (χ1n) is 11.0. The van der Waals surface area contributed by atoms with E-state index in [1.165, 1.54) is 11.8 Å². The molecule has 0 radical (unpaired) electrons. The van der Waals surface area contributed by atoms with Crippen molar-refractivity contribution in [1.29, 1.82) is 10.5 Å². The van der Waals surface area contributed by atoms with Crippen LogP contribution in [0.2, 0.25) is 0 Å². The van der Waals surface area contributed by atoms with Crippen molar-refractivity contribution in [3.05, 3.63) is 66.4 Å². The minimum atomic E-state index is -1.44. The lowest BCUT2D eigenvalue weighted by atomic mass is 9.84. The van der Waals surface area contributed by atoms with Crippen molar-refractivity contribution in [3.63, 3.8) is 0 Å². The number of hydrogen-bond acceptors (Lipinski definition) is 5. The quantitative estimate of drug-likeness (QED) is 0.562. The van der Waals surface area contributed by atoms with Crippen molar-refractivity contribution in [3.8, 4) is 12.1 Å². The number of aromatic nitrogens is 1. The average molecular weight is 455 g/mol. The van der Waals surface area contributed by atoms with Gasteiger partial charge < -0.3 is 9.88 Å². The molecule has 1 N–H and O–H groups in total. The molecule has 0 unspecified atom stereocenters. The van der Waals surface area contributed by atoms with Gasteiger partial charge in [-0.1, -0.05) is 36.4 Å². The van der Waals surface area contributed by atoms with Gasteiger partial charge in [-0.05, 0) is 37.0 Å². The van der Waals surface area contributed by atoms with Gasteiger partial charge in [0.15, 0.2) is 11.7 Å². The van der Waals surface area contributed by atoms with Crippen LogP contribution in [-0.4, -0.2) is 32.9 Å². The number of carbonyl (C=O) groups excluding carboxylic acids is 2. The van der Waals surface area contributed by atoms with Gasteiger partial charge in [0.25, 0.3) is 0 Å². The lowest BCUT2D eigenvalue weighted by Gasteiger charge is -2.36. The highest BCUT2D eigenvalue weighted by Gasteiger charge is 2.60. The summed E-state index contributed by atoms with van der Waals surface area (Å²) >= 11 is 1.31. The van der Waals surface area contributed by atoms with Crippen molar-refractivity contribution in [1.82, 2.24) is 9.88 Å². The van der Waals surface area contributed by atoms with E-state index < -0.39 is 22.5 Å². The standard InChI is InChI=1S/C26H22N4O2S/c27-13-18(14-28)25(32)26(33-19-6-2-1-3-7-19)12-23(31)30(16-17-10-11-17)24(26)21-15-29-22-9-5-4-8-20(21)22/h1-9,15,17-18,24,29H,10-12,16H2/t24-,26-/m0/s1. The molecule has 164 valence electrons. The fourth-order valence-corrected chi connectivity index (χ4v) is 6.29. The van der Waals surface area contributed by atoms with Crippen LogP contribution < -0.4 is 0 Å². The number of nitriles is 2. The van der Waals surface area contributed by atoms with Gasteiger partial charge in [0, 0.05) is 34.1 Å². The SMILES string of the molecule is N#CC(C#N)C(=O)[C@]1(Sc2ccccc2)CC(=O)N(CC2CC2)[C@H]1c1c[nH]c2ccccc12. The van der Waals surface area contributed by atoms with E-state index in [0.29, 0.717) is 12.5 Å². The number of nitrogens with one attached hydrogen (secondary N) is 1. The second-order valence-electron chi connectivity index (χ2n) is 8.72. The molecular formula is C26H22N4O2S. The molecule has 0 spiro atoms. The van der Waals surface area contributed by atoms with Crippen molar-refractivity contribution < 1.29 is 9.59 Å². The Kier molecular flexibility index (Phi) is 5.44. The van der Waals surface area contributed by atoms with Gasteiger partial charge in [-0.15, -0.1) is 11.8 Å². The predicted molar refractivity (Wildman–Crippen MR) is 125 cm³/mol. The number of likely N-dealkylation sites (tertiary alicyclic amines) is 1. The lowest BCUT2D eigenvalue weighted by molar-refractivity contribution is -0.129. The molecule has 33 heavy (non-hydrogen) atoms. The summed E-state index contributed by atoms with van der Waals surface area (Å²) in [4.78, 5) is 33.3. The maximum atomic E-state index is 13.9. The maximum Gasteiger partial charge on any atom is 0.225 e. The van der Waals surface area contributed by atoms with Crippen molar-refractivity contribution in [2.45, 2.75) is 34.9 Å². The summed E-state index contributed by atoms with van der Waals surface area (Å²) in [6, 6.07) is 20.4. The Labute approximate surface area is 196 Å². The molecule has 2 aromatic carbocycles. The third-order valence-corrected chi connectivity index (χ3v) is 7.98. The average Bonchev–Trinajstić information content (AvgIpc) is 3.50. The summed E-state index contributed by atoms with van der Waals surface area (Å²) < 4.78 is -1.28. The zero-order valence-corrected chi connectivity index (χ0v) is 18.7. The van der Waals surface area contributed by atoms with E-state index in [1.54, 1.807) is 0 Å². The van der Waals surface area contributed by atoms with Crippen molar-refractivity contribution in [2.75, 3.05) is 6.54 Å². The molecule has 2 atom stereocenters. The highest BCUT2D eigenvalue weighted by Crippen LogP contribution is 2.55. The second-order valence-corrected chi connectivity index (χ2v) is 10.1. The van der Waals surface area contributed by atoms with Crippen LogP contribution >= 0.6 is 11.8 Å². The first kappa shape index (κ1) is 21.3. The second kappa shape index (κ2) is 8.42. The summed E-state index contributed by atoms with van der Waals surface area (Å²) in [6.45, 7) is 0.581. The number of hydrogen-bond donors (Lipinski definition) is 1. The van der Waals surface area contributed by atoms with Crippen LogP contribution in [-0.2, 0) is 9.59 Å². The van der Waals surface area contributed by atoms with Crippen LogP contribution in [0.3, 0.4) is 0 Å². The Balaban J connectivity index is 1.72. The van der Waals surface area contributed by atoms with Crippen molar-refractivity contribution in [2.24, 2.45) is 11.8 Å². The fraction of sp³-hybridized carbons (Fsp3) is 0.308. The molecule has 6 nitrogen and oxygen atoms in total. The van der Waals surface area contributed by atoms with Gasteiger partial charge in [-0.2, -0.15) is 10.5 Å². The molecule has 5 rings (SSSR count). The number of H-pyrrole nitrogens is 1. The third kappa shape index (κ3) is 3.69. The molecule has 1 saturated heterocycles. The van der Waals surface area contributed by atoms with Crippen LogP contribution in [0.1, 0.15) is 30.9 Å². The van der Waals surface area contributed by atoms with Crippen molar-refractivity contribution >= 4 is 34.4 Å². The summed E-state index contributed by atoms with van der Waals surface area (Å²) in [5.74, 6) is -1.62. The summed E-state index contributed by atoms with van der Waals surface area (Å²) in [6.07, 6.45) is 3.96. The number of thioether (sulfide) groups is 1. The molecular weight excluding hydrogens is 432 g/mol. The predicted octanol–water partition coefficient (Wildman–Crippen LogP) is 4.61. The molecule has 2 aliphatic rings. The van der Waals surface area contributed by atoms with E-state index >= 15 is 0 Å².